The Hall–Kier alpha value is -1.06. The highest BCUT2D eigenvalue weighted by atomic mass is 16.5. The number of benzene rings is 1. The maximum Gasteiger partial charge on any atom is 0.119 e. The molecule has 0 aliphatic carbocycles. The average molecular weight is 265 g/mol. The number of nitrogens with one attached hydrogen (secondary N) is 1. The largest absolute Gasteiger partial charge is 0.494 e. The minimum absolute atomic E-state index is 0.0596. The van der Waals surface area contributed by atoms with Crippen LogP contribution in [0.3, 0.4) is 0 Å². The van der Waals surface area contributed by atoms with Crippen molar-refractivity contribution in [2.45, 2.75) is 39.8 Å². The number of hydrogen-bond acceptors (Lipinski definition) is 3. The first kappa shape index (κ1) is 16.0. The molecule has 0 radical (unpaired) electrons. The maximum atomic E-state index is 5.72. The molecule has 1 N–H and O–H groups in total. The van der Waals surface area contributed by atoms with Crippen molar-refractivity contribution in [3.63, 3.8) is 0 Å². The SMILES string of the molecule is CCOc1cccc(C(NC)C(OC)C(C)(C)C)c1. The van der Waals surface area contributed by atoms with Gasteiger partial charge in [0.05, 0.1) is 18.8 Å². The van der Waals surface area contributed by atoms with Crippen LogP contribution in [-0.4, -0.2) is 26.9 Å². The zero-order valence-corrected chi connectivity index (χ0v) is 13.0. The van der Waals surface area contributed by atoms with Crippen LogP contribution in [0.15, 0.2) is 24.3 Å². The Balaban J connectivity index is 3.04. The Bertz CT molecular complexity index is 385. The van der Waals surface area contributed by atoms with Gasteiger partial charge in [0.1, 0.15) is 5.75 Å². The van der Waals surface area contributed by atoms with Crippen molar-refractivity contribution < 1.29 is 9.47 Å². The highest BCUT2D eigenvalue weighted by Crippen LogP contribution is 2.33. The second kappa shape index (κ2) is 6.92. The van der Waals surface area contributed by atoms with E-state index < -0.39 is 0 Å². The lowest BCUT2D eigenvalue weighted by Crippen LogP contribution is -2.40. The normalized spacial score (nSPS) is 15.1. The molecule has 0 saturated heterocycles. The van der Waals surface area contributed by atoms with E-state index in [4.69, 9.17) is 9.47 Å². The molecule has 1 rings (SSSR count). The van der Waals surface area contributed by atoms with E-state index in [1.807, 2.05) is 26.1 Å². The topological polar surface area (TPSA) is 30.5 Å². The first-order chi connectivity index (χ1) is 8.93. The standard InChI is InChI=1S/C16H27NO2/c1-7-19-13-10-8-9-12(11-13)14(17-5)15(18-6)16(2,3)4/h8-11,14-15,17H,7H2,1-6H3. The van der Waals surface area contributed by atoms with Gasteiger partial charge in [-0.1, -0.05) is 32.9 Å². The number of rotatable bonds is 6. The molecule has 1 aromatic rings. The highest BCUT2D eigenvalue weighted by Gasteiger charge is 2.32. The van der Waals surface area contributed by atoms with Crippen LogP contribution in [0, 0.1) is 5.41 Å². The highest BCUT2D eigenvalue weighted by molar-refractivity contribution is 5.31. The zero-order valence-electron chi connectivity index (χ0n) is 13.0. The van der Waals surface area contributed by atoms with Gasteiger partial charge in [-0.2, -0.15) is 0 Å². The second-order valence-electron chi connectivity index (χ2n) is 5.79. The van der Waals surface area contributed by atoms with Gasteiger partial charge in [-0.05, 0) is 37.1 Å². The van der Waals surface area contributed by atoms with E-state index in [9.17, 15) is 0 Å². The Morgan fingerprint density at radius 3 is 2.42 bits per heavy atom. The molecule has 1 aromatic carbocycles. The number of likely N-dealkylation sites (N-methyl/N-ethyl adjacent to an activating group) is 1. The third kappa shape index (κ3) is 4.22. The first-order valence-corrected chi connectivity index (χ1v) is 6.86. The summed E-state index contributed by atoms with van der Waals surface area (Å²) in [5.74, 6) is 0.906. The predicted octanol–water partition coefficient (Wildman–Crippen LogP) is 3.41. The monoisotopic (exact) mass is 265 g/mol. The Morgan fingerprint density at radius 1 is 1.26 bits per heavy atom. The number of ether oxygens (including phenoxy) is 2. The van der Waals surface area contributed by atoms with E-state index in [0.29, 0.717) is 6.61 Å². The number of hydrogen-bond donors (Lipinski definition) is 1. The molecule has 3 nitrogen and oxygen atoms in total. The van der Waals surface area contributed by atoms with Crippen molar-refractivity contribution in [3.05, 3.63) is 29.8 Å². The fraction of sp³-hybridized carbons (Fsp3) is 0.625. The molecule has 19 heavy (non-hydrogen) atoms. The summed E-state index contributed by atoms with van der Waals surface area (Å²) in [4.78, 5) is 0. The van der Waals surface area contributed by atoms with Crippen molar-refractivity contribution >= 4 is 0 Å². The van der Waals surface area contributed by atoms with Crippen LogP contribution < -0.4 is 10.1 Å². The first-order valence-electron chi connectivity index (χ1n) is 6.86. The van der Waals surface area contributed by atoms with E-state index in [1.54, 1.807) is 7.11 Å². The molecule has 0 aliphatic rings. The molecule has 0 fully saturated rings. The van der Waals surface area contributed by atoms with Crippen LogP contribution in [0.2, 0.25) is 0 Å². The molecule has 3 heteroatoms. The molecule has 2 unspecified atom stereocenters. The quantitative estimate of drug-likeness (QED) is 0.855. The van der Waals surface area contributed by atoms with E-state index in [2.05, 4.69) is 38.2 Å². The fourth-order valence-electron chi connectivity index (χ4n) is 2.45. The summed E-state index contributed by atoms with van der Waals surface area (Å²) in [5, 5.41) is 3.36. The molecule has 0 aliphatic heterocycles. The van der Waals surface area contributed by atoms with E-state index in [-0.39, 0.29) is 17.6 Å². The molecule has 0 bridgehead atoms. The lowest BCUT2D eigenvalue weighted by Gasteiger charge is -2.36. The van der Waals surface area contributed by atoms with E-state index in [0.717, 1.165) is 5.75 Å². The molecule has 0 aromatic heterocycles. The van der Waals surface area contributed by atoms with Crippen molar-refractivity contribution in [2.75, 3.05) is 20.8 Å². The van der Waals surface area contributed by atoms with Gasteiger partial charge in [-0.15, -0.1) is 0 Å². The lowest BCUT2D eigenvalue weighted by atomic mass is 9.82. The summed E-state index contributed by atoms with van der Waals surface area (Å²) in [6, 6.07) is 8.35. The summed E-state index contributed by atoms with van der Waals surface area (Å²) in [5.41, 5.74) is 1.25. The minimum atomic E-state index is 0.0596. The van der Waals surface area contributed by atoms with Gasteiger partial charge in [-0.25, -0.2) is 0 Å². The molecule has 2 atom stereocenters. The van der Waals surface area contributed by atoms with Gasteiger partial charge in [0.25, 0.3) is 0 Å². The fourth-order valence-corrected chi connectivity index (χ4v) is 2.45. The van der Waals surface area contributed by atoms with Crippen molar-refractivity contribution in [2.24, 2.45) is 5.41 Å². The lowest BCUT2D eigenvalue weighted by molar-refractivity contribution is -0.0102. The molecule has 108 valence electrons. The average Bonchev–Trinajstić information content (AvgIpc) is 2.35. The van der Waals surface area contributed by atoms with Crippen molar-refractivity contribution in [1.29, 1.82) is 0 Å². The van der Waals surface area contributed by atoms with E-state index in [1.165, 1.54) is 5.56 Å². The third-order valence-corrected chi connectivity index (χ3v) is 3.25. The Kier molecular flexibility index (Phi) is 5.83. The zero-order chi connectivity index (χ0) is 14.5. The molecule has 0 amide bonds. The van der Waals surface area contributed by atoms with Crippen LogP contribution in [0.5, 0.6) is 5.75 Å². The second-order valence-corrected chi connectivity index (χ2v) is 5.79. The Labute approximate surface area is 117 Å². The summed E-state index contributed by atoms with van der Waals surface area (Å²) >= 11 is 0. The predicted molar refractivity (Wildman–Crippen MR) is 79.7 cm³/mol. The minimum Gasteiger partial charge on any atom is -0.494 e. The third-order valence-electron chi connectivity index (χ3n) is 3.25. The van der Waals surface area contributed by atoms with Crippen LogP contribution >= 0.6 is 0 Å². The molecule has 0 spiro atoms. The van der Waals surface area contributed by atoms with Gasteiger partial charge < -0.3 is 14.8 Å². The smallest absolute Gasteiger partial charge is 0.119 e. The molecule has 0 heterocycles. The van der Waals surface area contributed by atoms with Gasteiger partial charge in [0.2, 0.25) is 0 Å². The molecule has 0 saturated carbocycles. The van der Waals surface area contributed by atoms with Gasteiger partial charge in [0.15, 0.2) is 0 Å². The number of methoxy groups -OCH3 is 1. The molecular formula is C16H27NO2. The molecular weight excluding hydrogens is 238 g/mol. The van der Waals surface area contributed by atoms with Crippen molar-refractivity contribution in [1.82, 2.24) is 5.32 Å². The van der Waals surface area contributed by atoms with E-state index >= 15 is 0 Å². The Morgan fingerprint density at radius 2 is 1.95 bits per heavy atom. The van der Waals surface area contributed by atoms with Crippen LogP contribution in [-0.2, 0) is 4.74 Å². The van der Waals surface area contributed by atoms with Crippen LogP contribution in [0.25, 0.3) is 0 Å². The van der Waals surface area contributed by atoms with Gasteiger partial charge >= 0.3 is 0 Å². The summed E-state index contributed by atoms with van der Waals surface area (Å²) in [7, 11) is 3.74. The van der Waals surface area contributed by atoms with Gasteiger partial charge in [-0.3, -0.25) is 0 Å². The van der Waals surface area contributed by atoms with Crippen LogP contribution in [0.1, 0.15) is 39.3 Å². The van der Waals surface area contributed by atoms with Crippen LogP contribution in [0.4, 0.5) is 0 Å². The summed E-state index contributed by atoms with van der Waals surface area (Å²) in [6.45, 7) is 9.25. The van der Waals surface area contributed by atoms with Crippen molar-refractivity contribution in [3.8, 4) is 5.75 Å². The maximum absolute atomic E-state index is 5.72. The summed E-state index contributed by atoms with van der Waals surface area (Å²) < 4.78 is 11.3. The summed E-state index contributed by atoms with van der Waals surface area (Å²) in [6.07, 6.45) is 0.0920. The van der Waals surface area contributed by atoms with Gasteiger partial charge in [0, 0.05) is 7.11 Å².